The van der Waals surface area contributed by atoms with Crippen LogP contribution in [-0.4, -0.2) is 29.8 Å². The molecule has 1 aliphatic rings. The second-order valence-corrected chi connectivity index (χ2v) is 9.29. The number of nitrogens with two attached hydrogens (primary N) is 1. The second-order valence-electron chi connectivity index (χ2n) is 9.29. The normalized spacial score (nSPS) is 20.6. The summed E-state index contributed by atoms with van der Waals surface area (Å²) >= 11 is 0. The number of piperidine rings is 1. The molecule has 1 rings (SSSR count). The number of hydrogen-bond acceptors (Lipinski definition) is 2. The fourth-order valence-electron chi connectivity index (χ4n) is 3.44. The van der Waals surface area contributed by atoms with E-state index < -0.39 is 5.41 Å². The third-order valence-corrected chi connectivity index (χ3v) is 5.20. The molecule has 1 unspecified atom stereocenters. The van der Waals surface area contributed by atoms with Crippen molar-refractivity contribution in [2.24, 2.45) is 27.9 Å². The summed E-state index contributed by atoms with van der Waals surface area (Å²) in [5.74, 6) is -0.0919. The molecule has 0 aliphatic carbocycles. The fraction of sp³-hybridized carbons (Fsp3) is 0.889. The summed E-state index contributed by atoms with van der Waals surface area (Å²) in [4.78, 5) is 26.5. The standard InChI is InChI=1S/C18H34N2O2/c1-16(2,3)12-18(7,17(4,5)6)15(22)20-10-8-13(9-11-20)14(19)21/h13H,8-12H2,1-7H3,(H2,19,21). The first kappa shape index (κ1) is 19.0. The Hall–Kier alpha value is -1.06. The van der Waals surface area contributed by atoms with Crippen molar-refractivity contribution in [2.45, 2.75) is 67.7 Å². The summed E-state index contributed by atoms with van der Waals surface area (Å²) in [5.41, 5.74) is 4.95. The number of carbonyl (C=O) groups excluding carboxylic acids is 2. The first-order chi connectivity index (χ1) is 9.78. The van der Waals surface area contributed by atoms with Crippen molar-refractivity contribution >= 4 is 11.8 Å². The number of rotatable bonds is 3. The van der Waals surface area contributed by atoms with Gasteiger partial charge in [0.2, 0.25) is 11.8 Å². The molecule has 2 amide bonds. The van der Waals surface area contributed by atoms with E-state index in [2.05, 4.69) is 48.5 Å². The quantitative estimate of drug-likeness (QED) is 0.870. The molecule has 128 valence electrons. The lowest BCUT2D eigenvalue weighted by atomic mass is 9.60. The van der Waals surface area contributed by atoms with Crippen LogP contribution >= 0.6 is 0 Å². The van der Waals surface area contributed by atoms with Crippen molar-refractivity contribution in [1.29, 1.82) is 0 Å². The average Bonchev–Trinajstić information content (AvgIpc) is 2.34. The number of hydrogen-bond donors (Lipinski definition) is 1. The summed E-state index contributed by atoms with van der Waals surface area (Å²) < 4.78 is 0. The molecule has 1 fully saturated rings. The third-order valence-electron chi connectivity index (χ3n) is 5.20. The molecular weight excluding hydrogens is 276 g/mol. The van der Waals surface area contributed by atoms with Crippen molar-refractivity contribution < 1.29 is 9.59 Å². The van der Waals surface area contributed by atoms with E-state index in [9.17, 15) is 9.59 Å². The Kier molecular flexibility index (Phi) is 5.36. The zero-order chi connectivity index (χ0) is 17.3. The molecule has 0 aromatic heterocycles. The van der Waals surface area contributed by atoms with Gasteiger partial charge in [0.05, 0.1) is 5.41 Å². The molecule has 22 heavy (non-hydrogen) atoms. The van der Waals surface area contributed by atoms with Crippen molar-refractivity contribution in [3.8, 4) is 0 Å². The molecule has 1 heterocycles. The molecule has 0 radical (unpaired) electrons. The summed E-state index contributed by atoms with van der Waals surface area (Å²) in [6, 6.07) is 0. The molecule has 4 heteroatoms. The minimum atomic E-state index is -0.412. The van der Waals surface area contributed by atoms with E-state index in [0.717, 1.165) is 6.42 Å². The number of nitrogens with zero attached hydrogens (tertiary/aromatic N) is 1. The van der Waals surface area contributed by atoms with Gasteiger partial charge >= 0.3 is 0 Å². The summed E-state index contributed by atoms with van der Waals surface area (Å²) in [7, 11) is 0. The van der Waals surface area contributed by atoms with Crippen LogP contribution in [0.2, 0.25) is 0 Å². The van der Waals surface area contributed by atoms with Gasteiger partial charge < -0.3 is 10.6 Å². The Morgan fingerprint density at radius 1 is 1.00 bits per heavy atom. The third kappa shape index (κ3) is 4.23. The van der Waals surface area contributed by atoms with E-state index in [-0.39, 0.29) is 28.6 Å². The first-order valence-electron chi connectivity index (χ1n) is 8.37. The highest BCUT2D eigenvalue weighted by Gasteiger charge is 2.48. The monoisotopic (exact) mass is 310 g/mol. The van der Waals surface area contributed by atoms with Crippen LogP contribution in [0.3, 0.4) is 0 Å². The molecule has 4 nitrogen and oxygen atoms in total. The largest absolute Gasteiger partial charge is 0.369 e. The Balaban J connectivity index is 2.93. The van der Waals surface area contributed by atoms with Gasteiger partial charge in [0, 0.05) is 19.0 Å². The van der Waals surface area contributed by atoms with E-state index in [4.69, 9.17) is 5.73 Å². The topological polar surface area (TPSA) is 63.4 Å². The summed E-state index contributed by atoms with van der Waals surface area (Å²) in [5, 5.41) is 0. The SMILES string of the molecule is CC(C)(C)CC(C)(C(=O)N1CCC(C(N)=O)CC1)C(C)(C)C. The Labute approximate surface area is 135 Å². The fourth-order valence-corrected chi connectivity index (χ4v) is 3.44. The van der Waals surface area contributed by atoms with Gasteiger partial charge in [-0.05, 0) is 30.1 Å². The van der Waals surface area contributed by atoms with Gasteiger partial charge in [-0.2, -0.15) is 0 Å². The predicted molar refractivity (Wildman–Crippen MR) is 90.1 cm³/mol. The zero-order valence-corrected chi connectivity index (χ0v) is 15.5. The number of likely N-dealkylation sites (tertiary alicyclic amines) is 1. The maximum absolute atomic E-state index is 13.2. The molecular formula is C18H34N2O2. The molecule has 1 aliphatic heterocycles. The van der Waals surface area contributed by atoms with E-state index in [1.165, 1.54) is 0 Å². The summed E-state index contributed by atoms with van der Waals surface area (Å²) in [6.45, 7) is 16.4. The van der Waals surface area contributed by atoms with Gasteiger partial charge in [0.25, 0.3) is 0 Å². The van der Waals surface area contributed by atoms with E-state index in [1.54, 1.807) is 0 Å². The van der Waals surface area contributed by atoms with E-state index in [1.807, 2.05) is 4.90 Å². The maximum Gasteiger partial charge on any atom is 0.229 e. The molecule has 2 N–H and O–H groups in total. The molecule has 0 bridgehead atoms. The Morgan fingerprint density at radius 2 is 1.45 bits per heavy atom. The molecule has 0 saturated carbocycles. The van der Waals surface area contributed by atoms with Gasteiger partial charge in [-0.25, -0.2) is 0 Å². The van der Waals surface area contributed by atoms with E-state index in [0.29, 0.717) is 25.9 Å². The lowest BCUT2D eigenvalue weighted by molar-refractivity contribution is -0.152. The highest BCUT2D eigenvalue weighted by molar-refractivity contribution is 5.84. The summed E-state index contributed by atoms with van der Waals surface area (Å²) in [6.07, 6.45) is 2.23. The van der Waals surface area contributed by atoms with Crippen LogP contribution < -0.4 is 5.73 Å². The Bertz CT molecular complexity index is 423. The smallest absolute Gasteiger partial charge is 0.229 e. The zero-order valence-electron chi connectivity index (χ0n) is 15.5. The first-order valence-corrected chi connectivity index (χ1v) is 8.37. The lowest BCUT2D eigenvalue weighted by Gasteiger charge is -2.47. The number of primary amides is 1. The maximum atomic E-state index is 13.2. The second kappa shape index (κ2) is 6.21. The van der Waals surface area contributed by atoms with Crippen LogP contribution in [-0.2, 0) is 9.59 Å². The van der Waals surface area contributed by atoms with Crippen molar-refractivity contribution in [2.75, 3.05) is 13.1 Å². The van der Waals surface area contributed by atoms with Crippen LogP contribution in [0.15, 0.2) is 0 Å². The highest BCUT2D eigenvalue weighted by Crippen LogP contribution is 2.48. The minimum Gasteiger partial charge on any atom is -0.369 e. The average molecular weight is 310 g/mol. The van der Waals surface area contributed by atoms with Gasteiger partial charge in [-0.3, -0.25) is 9.59 Å². The van der Waals surface area contributed by atoms with Crippen LogP contribution in [0.4, 0.5) is 0 Å². The molecule has 0 aromatic carbocycles. The van der Waals surface area contributed by atoms with Crippen molar-refractivity contribution in [3.63, 3.8) is 0 Å². The molecule has 0 aromatic rings. The lowest BCUT2D eigenvalue weighted by Crippen LogP contribution is -2.53. The molecule has 1 saturated heterocycles. The van der Waals surface area contributed by atoms with E-state index >= 15 is 0 Å². The van der Waals surface area contributed by atoms with Crippen LogP contribution in [0, 0.1) is 22.2 Å². The number of carbonyl (C=O) groups is 2. The highest BCUT2D eigenvalue weighted by atomic mass is 16.2. The molecule has 0 spiro atoms. The molecule has 1 atom stereocenters. The van der Waals surface area contributed by atoms with Gasteiger partial charge in [0.1, 0.15) is 0 Å². The Morgan fingerprint density at radius 3 is 1.77 bits per heavy atom. The van der Waals surface area contributed by atoms with Gasteiger partial charge in [-0.1, -0.05) is 48.5 Å². The van der Waals surface area contributed by atoms with Gasteiger partial charge in [-0.15, -0.1) is 0 Å². The predicted octanol–water partition coefficient (Wildman–Crippen LogP) is 3.20. The van der Waals surface area contributed by atoms with Gasteiger partial charge in [0.15, 0.2) is 0 Å². The van der Waals surface area contributed by atoms with Crippen LogP contribution in [0.5, 0.6) is 0 Å². The van der Waals surface area contributed by atoms with Crippen LogP contribution in [0.1, 0.15) is 67.7 Å². The van der Waals surface area contributed by atoms with Crippen molar-refractivity contribution in [3.05, 3.63) is 0 Å². The van der Waals surface area contributed by atoms with Crippen molar-refractivity contribution in [1.82, 2.24) is 4.90 Å². The van der Waals surface area contributed by atoms with Crippen LogP contribution in [0.25, 0.3) is 0 Å². The number of amides is 2. The minimum absolute atomic E-state index is 0.0763.